The van der Waals surface area contributed by atoms with Crippen LogP contribution in [-0.4, -0.2) is 148 Å². The van der Waals surface area contributed by atoms with E-state index >= 15 is 0 Å². The number of likely N-dealkylation sites (N-methyl/N-ethyl adjacent to an activating group) is 2. The number of fused-ring (bicyclic) bond motifs is 3. The molecule has 6 aromatic heterocycles. The molecule has 0 N–H and O–H groups in total. The molecule has 0 bridgehead atoms. The van der Waals surface area contributed by atoms with Crippen LogP contribution in [0.1, 0.15) is 18.4 Å². The second-order valence-corrected chi connectivity index (χ2v) is 32.0. The highest BCUT2D eigenvalue weighted by molar-refractivity contribution is 14.1. The standard InChI is InChI=1S/C36H35N5O4S.C24H23BrN4O2S.C13H8BrIN2O2S/c1-39-17-19-40(20-18-39)29-10-7-26(8-11-29)34-24-33-32(13-16-38-36(33)41(34)46(42,43)31-5-3-2-4-6-31)27-9-12-35(28(23-27)25-37)45-30-14-21-44-22-15-30;1-27-13-15-28(16-14-27)19-9-7-18(8-10-19)23-17-21-22(25)11-12-26-24(21)29(23)32(30,31)20-5-3-2-4-6-20;14-11-6-7-16-13-10(11)8-12(15)17(13)20(18,19)9-4-2-1-3-5-9/h2-13,16,23-24,30H,14-15,17-22H2,1H3;2-12,17H,13-16H2,1H3;1-8H. The van der Waals surface area contributed by atoms with E-state index in [1.54, 1.807) is 128 Å². The highest BCUT2D eigenvalue weighted by Crippen LogP contribution is 2.40. The molecule has 3 aliphatic rings. The Balaban J connectivity index is 0.000000144. The molecule has 15 rings (SSSR count). The summed E-state index contributed by atoms with van der Waals surface area (Å²) in [6.07, 6.45) is 6.37. The minimum absolute atomic E-state index is 0.00163. The van der Waals surface area contributed by atoms with E-state index in [2.05, 4.69) is 111 Å². The van der Waals surface area contributed by atoms with Crippen molar-refractivity contribution in [1.29, 1.82) is 5.26 Å². The molecule has 9 heterocycles. The zero-order chi connectivity index (χ0) is 68.3. The van der Waals surface area contributed by atoms with Crippen LogP contribution in [0.2, 0.25) is 0 Å². The predicted octanol–water partition coefficient (Wildman–Crippen LogP) is 13.9. The van der Waals surface area contributed by atoms with Gasteiger partial charge in [0.25, 0.3) is 30.1 Å². The second-order valence-electron chi connectivity index (χ2n) is 23.9. The number of hydrogen-bond acceptors (Lipinski definition) is 16. The lowest BCUT2D eigenvalue weighted by molar-refractivity contribution is 0.0254. The summed E-state index contributed by atoms with van der Waals surface area (Å²) in [6.45, 7) is 9.18. The number of anilines is 2. The lowest BCUT2D eigenvalue weighted by atomic mass is 10.0. The summed E-state index contributed by atoms with van der Waals surface area (Å²) in [5, 5.41) is 12.2. The van der Waals surface area contributed by atoms with Gasteiger partial charge in [-0.25, -0.2) is 52.1 Å². The second kappa shape index (κ2) is 29.3. The van der Waals surface area contributed by atoms with Crippen LogP contribution in [-0.2, 0) is 34.8 Å². The van der Waals surface area contributed by atoms with Crippen LogP contribution in [0.4, 0.5) is 11.4 Å². The Morgan fingerprint density at radius 2 is 0.878 bits per heavy atom. The number of pyridine rings is 3. The molecule has 3 aliphatic heterocycles. The molecule has 3 saturated heterocycles. The van der Waals surface area contributed by atoms with E-state index in [0.717, 1.165) is 119 Å². The first-order valence-corrected chi connectivity index (χ1v) is 38.6. The van der Waals surface area contributed by atoms with Crippen molar-refractivity contribution >= 4 is 129 Å². The third kappa shape index (κ3) is 14.0. The molecule has 0 atom stereocenters. The molecule has 12 aromatic rings. The molecular weight excluding hydrogens is 1540 g/mol. The summed E-state index contributed by atoms with van der Waals surface area (Å²) in [5.41, 5.74) is 8.07. The van der Waals surface area contributed by atoms with Crippen molar-refractivity contribution < 1.29 is 34.7 Å². The van der Waals surface area contributed by atoms with E-state index in [1.165, 1.54) is 11.9 Å². The van der Waals surface area contributed by atoms with Gasteiger partial charge in [-0.05, 0) is 200 Å². The zero-order valence-electron chi connectivity index (χ0n) is 53.3. The molecule has 0 saturated carbocycles. The Morgan fingerprint density at radius 3 is 1.34 bits per heavy atom. The van der Waals surface area contributed by atoms with Gasteiger partial charge in [-0.1, -0.05) is 84.9 Å². The van der Waals surface area contributed by atoms with Gasteiger partial charge in [0.2, 0.25) is 0 Å². The van der Waals surface area contributed by atoms with Crippen molar-refractivity contribution in [1.82, 2.24) is 36.7 Å². The summed E-state index contributed by atoms with van der Waals surface area (Å²) in [5.74, 6) is 0.536. The summed E-state index contributed by atoms with van der Waals surface area (Å²) in [4.78, 5) is 23.2. The average Bonchev–Trinajstić information content (AvgIpc) is 1.56. The highest BCUT2D eigenvalue weighted by Gasteiger charge is 2.30. The Kier molecular flexibility index (Phi) is 20.4. The first kappa shape index (κ1) is 68.2. The maximum Gasteiger partial charge on any atom is 0.270 e. The fourth-order valence-electron chi connectivity index (χ4n) is 12.3. The third-order valence-electron chi connectivity index (χ3n) is 17.6. The third-order valence-corrected chi connectivity index (χ3v) is 25.3. The summed E-state index contributed by atoms with van der Waals surface area (Å²) >= 11 is 8.97. The number of aromatic nitrogens is 6. The highest BCUT2D eigenvalue weighted by atomic mass is 127. The molecule has 6 aromatic carbocycles. The largest absolute Gasteiger partial charge is 0.489 e. The molecule has 0 radical (unpaired) electrons. The van der Waals surface area contributed by atoms with Crippen molar-refractivity contribution in [3.8, 4) is 45.5 Å². The van der Waals surface area contributed by atoms with E-state index in [0.29, 0.717) is 61.9 Å². The number of nitrogens with zero attached hydrogens (tertiary/aromatic N) is 11. The minimum atomic E-state index is -4.02. The van der Waals surface area contributed by atoms with Gasteiger partial charge in [-0.15, -0.1) is 0 Å². The molecule has 0 amide bonds. The van der Waals surface area contributed by atoms with E-state index in [-0.39, 0.29) is 20.8 Å². The Hall–Kier alpha value is -8.30. The van der Waals surface area contributed by atoms with Gasteiger partial charge in [0, 0.05) is 120 Å². The van der Waals surface area contributed by atoms with Gasteiger partial charge in [0.1, 0.15) is 17.9 Å². The van der Waals surface area contributed by atoms with Gasteiger partial charge in [-0.2, -0.15) is 5.26 Å². The molecule has 25 heteroatoms. The number of nitriles is 1. The van der Waals surface area contributed by atoms with Gasteiger partial charge in [0.15, 0.2) is 16.9 Å². The summed E-state index contributed by atoms with van der Waals surface area (Å²) in [7, 11) is -7.23. The lowest BCUT2D eigenvalue weighted by Gasteiger charge is -2.34. The predicted molar refractivity (Wildman–Crippen MR) is 399 cm³/mol. The van der Waals surface area contributed by atoms with E-state index in [4.69, 9.17) is 9.47 Å². The van der Waals surface area contributed by atoms with Gasteiger partial charge < -0.3 is 29.1 Å². The Morgan fingerprint density at radius 1 is 0.480 bits per heavy atom. The van der Waals surface area contributed by atoms with Crippen LogP contribution in [0.25, 0.3) is 66.7 Å². The average molecular weight is 1610 g/mol. The normalized spacial score (nSPS) is 15.1. The fraction of sp³-hybridized carbons (Fsp3) is 0.205. The van der Waals surface area contributed by atoms with Crippen molar-refractivity contribution in [3.05, 3.63) is 231 Å². The fourth-order valence-corrected chi connectivity index (χ4v) is 18.8. The van der Waals surface area contributed by atoms with Crippen LogP contribution in [0, 0.1) is 15.0 Å². The van der Waals surface area contributed by atoms with Crippen molar-refractivity contribution in [2.24, 2.45) is 0 Å². The van der Waals surface area contributed by atoms with Crippen LogP contribution in [0.3, 0.4) is 0 Å². The minimum Gasteiger partial charge on any atom is -0.489 e. The number of rotatable bonds is 13. The molecular formula is C73H66Br2IN11O8S3. The molecule has 3 fully saturated rings. The molecule has 0 unspecified atom stereocenters. The van der Waals surface area contributed by atoms with Gasteiger partial charge in [0.05, 0.1) is 48.6 Å². The summed E-state index contributed by atoms with van der Waals surface area (Å²) in [6, 6.07) is 60.3. The van der Waals surface area contributed by atoms with Crippen LogP contribution in [0.5, 0.6) is 5.75 Å². The van der Waals surface area contributed by atoms with E-state index in [9.17, 15) is 30.5 Å². The van der Waals surface area contributed by atoms with Crippen LogP contribution >= 0.6 is 54.5 Å². The molecule has 0 spiro atoms. The van der Waals surface area contributed by atoms with Gasteiger partial charge >= 0.3 is 0 Å². The number of hydrogen-bond donors (Lipinski definition) is 0. The SMILES string of the molecule is CN1CCN(c2ccc(-c3cc4c(-c5ccc(OC6CCOCC6)c(C#N)c5)ccnc4n3S(=O)(=O)c3ccccc3)cc2)CC1.CN1CCN(c2ccc(-c3cc4c(Br)ccnc4n3S(=O)(=O)c3ccccc3)cc2)CC1.O=S(=O)(c1ccccc1)n1c(I)cc2c(Br)ccnc21. The van der Waals surface area contributed by atoms with Crippen molar-refractivity contribution in [2.45, 2.75) is 33.6 Å². The molecule has 500 valence electrons. The van der Waals surface area contributed by atoms with Gasteiger partial charge in [-0.3, -0.25) is 0 Å². The topological polar surface area (TPSA) is 211 Å². The number of halogens is 3. The molecule has 0 aliphatic carbocycles. The molecule has 98 heavy (non-hydrogen) atoms. The maximum atomic E-state index is 14.3. The number of ether oxygens (including phenoxy) is 2. The lowest BCUT2D eigenvalue weighted by Crippen LogP contribution is -2.44. The summed E-state index contributed by atoms with van der Waals surface area (Å²) < 4.78 is 99.2. The van der Waals surface area contributed by atoms with Crippen LogP contribution in [0.15, 0.2) is 236 Å². The monoisotopic (exact) mass is 1610 g/mol. The number of piperazine rings is 2. The first-order chi connectivity index (χ1) is 47.4. The quantitative estimate of drug-likeness (QED) is 0.0982. The van der Waals surface area contributed by atoms with Crippen molar-refractivity contribution in [2.75, 3.05) is 89.5 Å². The van der Waals surface area contributed by atoms with E-state index in [1.807, 2.05) is 83.3 Å². The molecule has 19 nitrogen and oxygen atoms in total. The van der Waals surface area contributed by atoms with E-state index < -0.39 is 30.1 Å². The maximum absolute atomic E-state index is 14.3. The number of benzene rings is 6. The Labute approximate surface area is 600 Å². The smallest absolute Gasteiger partial charge is 0.270 e. The van der Waals surface area contributed by atoms with Crippen molar-refractivity contribution in [3.63, 3.8) is 0 Å². The zero-order valence-corrected chi connectivity index (χ0v) is 61.1. The first-order valence-electron chi connectivity index (χ1n) is 31.7. The van der Waals surface area contributed by atoms with Crippen LogP contribution < -0.4 is 14.5 Å². The Bertz CT molecular complexity index is 5280.